The third kappa shape index (κ3) is 2.35. The highest BCUT2D eigenvalue weighted by Gasteiger charge is 2.44. The van der Waals surface area contributed by atoms with Crippen molar-refractivity contribution in [1.82, 2.24) is 20.4 Å². The summed E-state index contributed by atoms with van der Waals surface area (Å²) in [6, 6.07) is 0. The first-order chi connectivity index (χ1) is 10.3. The molecule has 0 amide bonds. The van der Waals surface area contributed by atoms with Crippen molar-refractivity contribution >= 4 is 6.21 Å². The summed E-state index contributed by atoms with van der Waals surface area (Å²) in [4.78, 5) is 3.93. The number of alkyl halides is 3. The van der Waals surface area contributed by atoms with E-state index in [1.807, 2.05) is 0 Å². The quantitative estimate of drug-likeness (QED) is 0.778. The van der Waals surface area contributed by atoms with Crippen molar-refractivity contribution in [2.45, 2.75) is 30.7 Å². The lowest BCUT2D eigenvalue weighted by molar-refractivity contribution is -0.0875. The van der Waals surface area contributed by atoms with Crippen LogP contribution in [0.3, 0.4) is 0 Å². The van der Waals surface area contributed by atoms with Crippen LogP contribution < -0.4 is 16.4 Å². The minimum Gasteiger partial charge on any atom is -0.374 e. The number of hydrogen-bond acceptors (Lipinski definition) is 5. The first kappa shape index (κ1) is 14.9. The average molecular weight is 314 g/mol. The number of allylic oxidation sites excluding steroid dienone is 1. The second kappa shape index (κ2) is 4.73. The Hall–Kier alpha value is -2.03. The summed E-state index contributed by atoms with van der Waals surface area (Å²) in [6.07, 6.45) is -0.135. The summed E-state index contributed by atoms with van der Waals surface area (Å²) in [5.74, 6) is -1.32. The van der Waals surface area contributed by atoms with Gasteiger partial charge < -0.3 is 10.6 Å². The Morgan fingerprint density at radius 3 is 2.68 bits per heavy atom. The van der Waals surface area contributed by atoms with Gasteiger partial charge in [-0.1, -0.05) is 0 Å². The summed E-state index contributed by atoms with van der Waals surface area (Å²) in [5.41, 5.74) is 6.86. The lowest BCUT2D eigenvalue weighted by Crippen LogP contribution is -2.54. The zero-order valence-electron chi connectivity index (χ0n) is 12.2. The second-order valence-corrected chi connectivity index (χ2v) is 5.53. The van der Waals surface area contributed by atoms with Crippen LogP contribution in [0.15, 0.2) is 22.6 Å². The van der Waals surface area contributed by atoms with Gasteiger partial charge in [0, 0.05) is 26.2 Å². The Bertz CT molecular complexity index is 655. The topological polar surface area (TPSA) is 80.3 Å². The Kier molecular flexibility index (Phi) is 3.20. The second-order valence-electron chi connectivity index (χ2n) is 5.53. The molecule has 9 heteroatoms. The summed E-state index contributed by atoms with van der Waals surface area (Å²) >= 11 is 0. The molecular formula is C13H17F3N6. The van der Waals surface area contributed by atoms with Crippen LogP contribution in [0, 0.1) is 0 Å². The zero-order valence-corrected chi connectivity index (χ0v) is 12.2. The van der Waals surface area contributed by atoms with E-state index in [0.717, 1.165) is 24.8 Å². The summed E-state index contributed by atoms with van der Waals surface area (Å²) in [7, 11) is 3.20. The highest BCUT2D eigenvalue weighted by Crippen LogP contribution is 2.43. The number of nitrogens with two attached hydrogens (primary N) is 1. The van der Waals surface area contributed by atoms with Gasteiger partial charge in [-0.3, -0.25) is 10.4 Å². The maximum absolute atomic E-state index is 13.0. The Labute approximate surface area is 125 Å². The number of nitrogens with zero attached hydrogens (tertiary/aromatic N) is 3. The minimum atomic E-state index is -4.51. The number of aromatic nitrogens is 2. The van der Waals surface area contributed by atoms with E-state index in [4.69, 9.17) is 5.73 Å². The molecule has 3 rings (SSSR count). The number of nitrogens with one attached hydrogen (secondary N) is 2. The molecule has 0 spiro atoms. The lowest BCUT2D eigenvalue weighted by Gasteiger charge is -2.33. The number of aliphatic imine (C=N–C) groups is 1. The molecule has 1 saturated carbocycles. The van der Waals surface area contributed by atoms with Crippen molar-refractivity contribution in [1.29, 1.82) is 0 Å². The molecule has 2 heterocycles. The lowest BCUT2D eigenvalue weighted by atomic mass is 10.0. The van der Waals surface area contributed by atoms with Gasteiger partial charge in [0.1, 0.15) is 11.4 Å². The Morgan fingerprint density at radius 2 is 2.14 bits per heavy atom. The van der Waals surface area contributed by atoms with Gasteiger partial charge in [-0.05, 0) is 12.8 Å². The SMILES string of the molecule is CNC1=C(C(F)(F)F)C=NC(N)(c2cnn(C)c2C2CC2)N1. The van der Waals surface area contributed by atoms with Crippen molar-refractivity contribution in [3.63, 3.8) is 0 Å². The van der Waals surface area contributed by atoms with E-state index in [0.29, 0.717) is 11.5 Å². The zero-order chi connectivity index (χ0) is 16.1. The van der Waals surface area contributed by atoms with Crippen LogP contribution in [0.1, 0.15) is 30.0 Å². The maximum atomic E-state index is 13.0. The fraction of sp³-hybridized carbons (Fsp3) is 0.538. The number of rotatable bonds is 3. The Morgan fingerprint density at radius 1 is 1.45 bits per heavy atom. The van der Waals surface area contributed by atoms with Crippen molar-refractivity contribution in [2.24, 2.45) is 17.8 Å². The third-order valence-corrected chi connectivity index (χ3v) is 3.90. The molecule has 0 radical (unpaired) electrons. The van der Waals surface area contributed by atoms with Crippen LogP contribution in [0.25, 0.3) is 0 Å². The monoisotopic (exact) mass is 314 g/mol. The van der Waals surface area contributed by atoms with Crippen LogP contribution in [0.4, 0.5) is 13.2 Å². The van der Waals surface area contributed by atoms with Crippen LogP contribution in [-0.4, -0.2) is 29.2 Å². The van der Waals surface area contributed by atoms with Crippen LogP contribution >= 0.6 is 0 Å². The molecule has 4 N–H and O–H groups in total. The van der Waals surface area contributed by atoms with Gasteiger partial charge in [0.25, 0.3) is 0 Å². The molecule has 1 aliphatic heterocycles. The molecule has 120 valence electrons. The predicted octanol–water partition coefficient (Wildman–Crippen LogP) is 1.03. The van der Waals surface area contributed by atoms with Crippen LogP contribution in [0.5, 0.6) is 0 Å². The molecule has 0 aromatic carbocycles. The largest absolute Gasteiger partial charge is 0.421 e. The van der Waals surface area contributed by atoms with Gasteiger partial charge in [0.05, 0.1) is 17.5 Å². The average Bonchev–Trinajstić information content (AvgIpc) is 3.19. The van der Waals surface area contributed by atoms with E-state index in [1.54, 1.807) is 17.9 Å². The summed E-state index contributed by atoms with van der Waals surface area (Å²) < 4.78 is 40.6. The third-order valence-electron chi connectivity index (χ3n) is 3.90. The molecule has 0 saturated heterocycles. The molecule has 1 aliphatic carbocycles. The van der Waals surface area contributed by atoms with Gasteiger partial charge >= 0.3 is 6.18 Å². The number of aryl methyl sites for hydroxylation is 1. The van der Waals surface area contributed by atoms with Gasteiger partial charge in [-0.2, -0.15) is 18.3 Å². The first-order valence-corrected chi connectivity index (χ1v) is 6.90. The number of halogens is 3. The van der Waals surface area contributed by atoms with Gasteiger partial charge in [-0.25, -0.2) is 4.99 Å². The molecule has 1 unspecified atom stereocenters. The van der Waals surface area contributed by atoms with E-state index in [-0.39, 0.29) is 5.82 Å². The van der Waals surface area contributed by atoms with E-state index >= 15 is 0 Å². The van der Waals surface area contributed by atoms with Gasteiger partial charge in [0.15, 0.2) is 0 Å². The van der Waals surface area contributed by atoms with Crippen LogP contribution in [0.2, 0.25) is 0 Å². The predicted molar refractivity (Wildman–Crippen MR) is 74.8 cm³/mol. The molecular weight excluding hydrogens is 297 g/mol. The van der Waals surface area contributed by atoms with Crippen molar-refractivity contribution in [2.75, 3.05) is 7.05 Å². The van der Waals surface area contributed by atoms with E-state index < -0.39 is 17.5 Å². The highest BCUT2D eigenvalue weighted by atomic mass is 19.4. The molecule has 6 nitrogen and oxygen atoms in total. The van der Waals surface area contributed by atoms with Crippen molar-refractivity contribution in [3.8, 4) is 0 Å². The van der Waals surface area contributed by atoms with E-state index in [9.17, 15) is 13.2 Å². The summed E-state index contributed by atoms with van der Waals surface area (Å²) in [5, 5.41) is 9.35. The van der Waals surface area contributed by atoms with Crippen molar-refractivity contribution < 1.29 is 13.2 Å². The molecule has 1 aromatic heterocycles. The fourth-order valence-corrected chi connectivity index (χ4v) is 2.65. The van der Waals surface area contributed by atoms with Crippen molar-refractivity contribution in [3.05, 3.63) is 28.8 Å². The molecule has 0 bridgehead atoms. The van der Waals surface area contributed by atoms with E-state index in [2.05, 4.69) is 20.7 Å². The molecule has 1 aromatic rings. The van der Waals surface area contributed by atoms with Gasteiger partial charge in [0.2, 0.25) is 5.79 Å². The van der Waals surface area contributed by atoms with Gasteiger partial charge in [-0.15, -0.1) is 0 Å². The molecule has 22 heavy (non-hydrogen) atoms. The molecule has 2 aliphatic rings. The van der Waals surface area contributed by atoms with Crippen LogP contribution in [-0.2, 0) is 12.8 Å². The fourth-order valence-electron chi connectivity index (χ4n) is 2.65. The number of hydrogen-bond donors (Lipinski definition) is 3. The Balaban J connectivity index is 2.00. The molecule has 1 fully saturated rings. The van der Waals surface area contributed by atoms with E-state index in [1.165, 1.54) is 7.05 Å². The highest BCUT2D eigenvalue weighted by molar-refractivity contribution is 5.82. The maximum Gasteiger partial charge on any atom is 0.421 e. The smallest absolute Gasteiger partial charge is 0.374 e. The standard InChI is InChI=1S/C13H17F3N6/c1-18-11-9(12(14,15)16)5-19-13(17,21-11)8-6-20-22(2)10(8)7-3-4-7/h5-7,18,21H,3-4,17H2,1-2H3. The summed E-state index contributed by atoms with van der Waals surface area (Å²) in [6.45, 7) is 0. The minimum absolute atomic E-state index is 0.199. The molecule has 1 atom stereocenters. The normalized spacial score (nSPS) is 25.4. The first-order valence-electron chi connectivity index (χ1n) is 6.90.